The molecule has 0 amide bonds. The Labute approximate surface area is 116 Å². The molecule has 20 heavy (non-hydrogen) atoms. The van der Waals surface area contributed by atoms with E-state index in [0.29, 0.717) is 11.5 Å². The first kappa shape index (κ1) is 12.6. The molecule has 0 aliphatic heterocycles. The van der Waals surface area contributed by atoms with Crippen LogP contribution in [0, 0.1) is 6.92 Å². The highest BCUT2D eigenvalue weighted by atomic mass is 16.1. The monoisotopic (exact) mass is 268 g/mol. The standard InChI is InChI=1S/C15H16N4O/c1-11-10-14(20)19-13(17-18-15(19)16-11)9-5-8-12-6-3-2-4-7-12/h2-4,6-7,10H,5,8-9H2,1H3,(H,16,18). The van der Waals surface area contributed by atoms with E-state index in [1.807, 2.05) is 18.2 Å². The maximum absolute atomic E-state index is 12.0. The first-order chi connectivity index (χ1) is 9.74. The largest absolute Gasteiger partial charge is 0.269 e. The highest BCUT2D eigenvalue weighted by Crippen LogP contribution is 2.07. The molecule has 0 saturated carbocycles. The Kier molecular flexibility index (Phi) is 3.33. The van der Waals surface area contributed by atoms with Crippen molar-refractivity contribution in [3.8, 4) is 0 Å². The Morgan fingerprint density at radius 1 is 1.20 bits per heavy atom. The molecular formula is C15H16N4O. The Balaban J connectivity index is 1.77. The van der Waals surface area contributed by atoms with E-state index in [0.717, 1.165) is 25.1 Å². The second-order valence-electron chi connectivity index (χ2n) is 4.87. The molecule has 0 aliphatic carbocycles. The van der Waals surface area contributed by atoms with Crippen LogP contribution in [0.3, 0.4) is 0 Å². The Morgan fingerprint density at radius 3 is 2.80 bits per heavy atom. The molecule has 1 aromatic carbocycles. The predicted octanol–water partition coefficient (Wildman–Crippen LogP) is 1.90. The quantitative estimate of drug-likeness (QED) is 0.786. The maximum atomic E-state index is 12.0. The van der Waals surface area contributed by atoms with Gasteiger partial charge in [0.2, 0.25) is 5.78 Å². The summed E-state index contributed by atoms with van der Waals surface area (Å²) < 4.78 is 1.55. The summed E-state index contributed by atoms with van der Waals surface area (Å²) in [5, 5.41) is 7.02. The number of hydrogen-bond donors (Lipinski definition) is 1. The van der Waals surface area contributed by atoms with Gasteiger partial charge in [0.15, 0.2) is 0 Å². The van der Waals surface area contributed by atoms with E-state index in [4.69, 9.17) is 0 Å². The summed E-state index contributed by atoms with van der Waals surface area (Å²) in [7, 11) is 0. The molecule has 0 aliphatic rings. The highest BCUT2D eigenvalue weighted by molar-refractivity contribution is 5.28. The van der Waals surface area contributed by atoms with Gasteiger partial charge in [0.05, 0.1) is 0 Å². The molecule has 102 valence electrons. The molecule has 0 spiro atoms. The number of nitrogens with one attached hydrogen (secondary N) is 1. The number of rotatable bonds is 4. The van der Waals surface area contributed by atoms with Gasteiger partial charge in [-0.1, -0.05) is 30.3 Å². The number of aromatic nitrogens is 4. The summed E-state index contributed by atoms with van der Waals surface area (Å²) in [6.45, 7) is 1.80. The van der Waals surface area contributed by atoms with Gasteiger partial charge >= 0.3 is 0 Å². The minimum atomic E-state index is -0.0732. The summed E-state index contributed by atoms with van der Waals surface area (Å²) in [6.07, 6.45) is 2.67. The second kappa shape index (κ2) is 5.28. The Bertz CT molecular complexity index is 773. The SMILES string of the molecule is Cc1cc(=O)n2c(CCCc3ccccc3)n[nH]c2n1. The molecule has 0 unspecified atom stereocenters. The molecule has 1 N–H and O–H groups in total. The van der Waals surface area contributed by atoms with Crippen molar-refractivity contribution < 1.29 is 0 Å². The van der Waals surface area contributed by atoms with Gasteiger partial charge in [0, 0.05) is 18.2 Å². The summed E-state index contributed by atoms with van der Waals surface area (Å²) in [4.78, 5) is 16.2. The van der Waals surface area contributed by atoms with Gasteiger partial charge in [0.25, 0.3) is 5.56 Å². The van der Waals surface area contributed by atoms with Crippen LogP contribution in [0.1, 0.15) is 23.5 Å². The first-order valence-electron chi connectivity index (χ1n) is 6.71. The minimum absolute atomic E-state index is 0.0732. The minimum Gasteiger partial charge on any atom is -0.269 e. The predicted molar refractivity (Wildman–Crippen MR) is 76.8 cm³/mol. The van der Waals surface area contributed by atoms with E-state index < -0.39 is 0 Å². The highest BCUT2D eigenvalue weighted by Gasteiger charge is 2.08. The molecule has 3 aromatic rings. The molecule has 0 bridgehead atoms. The topological polar surface area (TPSA) is 63.1 Å². The zero-order valence-corrected chi connectivity index (χ0v) is 11.3. The maximum Gasteiger partial charge on any atom is 0.260 e. The third-order valence-electron chi connectivity index (χ3n) is 3.30. The number of benzene rings is 1. The Hall–Kier alpha value is -2.43. The van der Waals surface area contributed by atoms with Crippen LogP contribution in [0.5, 0.6) is 0 Å². The van der Waals surface area contributed by atoms with Crippen LogP contribution in [-0.4, -0.2) is 19.6 Å². The number of aromatic amines is 1. The van der Waals surface area contributed by atoms with Crippen molar-refractivity contribution in [1.29, 1.82) is 0 Å². The van der Waals surface area contributed by atoms with Gasteiger partial charge < -0.3 is 0 Å². The molecule has 5 nitrogen and oxygen atoms in total. The van der Waals surface area contributed by atoms with Gasteiger partial charge in [-0.3, -0.25) is 4.79 Å². The van der Waals surface area contributed by atoms with Gasteiger partial charge in [-0.15, -0.1) is 0 Å². The number of nitrogens with zero attached hydrogens (tertiary/aromatic N) is 3. The molecule has 2 aromatic heterocycles. The first-order valence-corrected chi connectivity index (χ1v) is 6.71. The fourth-order valence-corrected chi connectivity index (χ4v) is 2.35. The fraction of sp³-hybridized carbons (Fsp3) is 0.267. The molecule has 0 radical (unpaired) electrons. The van der Waals surface area contributed by atoms with Gasteiger partial charge in [-0.25, -0.2) is 14.5 Å². The van der Waals surface area contributed by atoms with E-state index in [1.165, 1.54) is 11.6 Å². The Morgan fingerprint density at radius 2 is 2.00 bits per heavy atom. The second-order valence-corrected chi connectivity index (χ2v) is 4.87. The molecule has 3 rings (SSSR count). The summed E-state index contributed by atoms with van der Waals surface area (Å²) >= 11 is 0. The van der Waals surface area contributed by atoms with Gasteiger partial charge in [-0.2, -0.15) is 5.10 Å². The number of H-pyrrole nitrogens is 1. The molecule has 0 saturated heterocycles. The van der Waals surface area contributed by atoms with Crippen LogP contribution in [0.4, 0.5) is 0 Å². The molecule has 5 heteroatoms. The van der Waals surface area contributed by atoms with Crippen LogP contribution in [0.2, 0.25) is 0 Å². The van der Waals surface area contributed by atoms with Crippen LogP contribution in [0.25, 0.3) is 5.78 Å². The van der Waals surface area contributed by atoms with Crippen LogP contribution in [0.15, 0.2) is 41.2 Å². The molecule has 0 fully saturated rings. The van der Waals surface area contributed by atoms with E-state index >= 15 is 0 Å². The normalized spacial score (nSPS) is 11.1. The summed E-state index contributed by atoms with van der Waals surface area (Å²) in [5.41, 5.74) is 1.93. The molecule has 2 heterocycles. The average molecular weight is 268 g/mol. The third-order valence-corrected chi connectivity index (χ3v) is 3.30. The molecular weight excluding hydrogens is 252 g/mol. The van der Waals surface area contributed by atoms with Crippen molar-refractivity contribution in [2.45, 2.75) is 26.2 Å². The van der Waals surface area contributed by atoms with E-state index in [2.05, 4.69) is 27.3 Å². The third kappa shape index (κ3) is 2.47. The smallest absolute Gasteiger partial charge is 0.260 e. The van der Waals surface area contributed by atoms with Crippen molar-refractivity contribution in [3.05, 3.63) is 63.8 Å². The van der Waals surface area contributed by atoms with Crippen LogP contribution in [-0.2, 0) is 12.8 Å². The summed E-state index contributed by atoms with van der Waals surface area (Å²) in [5.74, 6) is 1.26. The van der Waals surface area contributed by atoms with E-state index in [9.17, 15) is 4.79 Å². The van der Waals surface area contributed by atoms with E-state index in [-0.39, 0.29) is 5.56 Å². The van der Waals surface area contributed by atoms with Crippen molar-refractivity contribution in [1.82, 2.24) is 19.6 Å². The van der Waals surface area contributed by atoms with Crippen LogP contribution < -0.4 is 5.56 Å². The van der Waals surface area contributed by atoms with Gasteiger partial charge in [0.1, 0.15) is 5.82 Å². The zero-order valence-electron chi connectivity index (χ0n) is 11.3. The van der Waals surface area contributed by atoms with Crippen molar-refractivity contribution in [2.24, 2.45) is 0 Å². The van der Waals surface area contributed by atoms with Crippen molar-refractivity contribution in [2.75, 3.05) is 0 Å². The lowest BCUT2D eigenvalue weighted by Gasteiger charge is -2.01. The zero-order chi connectivity index (χ0) is 13.9. The van der Waals surface area contributed by atoms with Gasteiger partial charge in [-0.05, 0) is 25.3 Å². The average Bonchev–Trinajstić information content (AvgIpc) is 2.83. The van der Waals surface area contributed by atoms with Crippen molar-refractivity contribution >= 4 is 5.78 Å². The lowest BCUT2D eigenvalue weighted by atomic mass is 10.1. The number of fused-ring (bicyclic) bond motifs is 1. The molecule has 0 atom stereocenters. The van der Waals surface area contributed by atoms with Crippen molar-refractivity contribution in [3.63, 3.8) is 0 Å². The van der Waals surface area contributed by atoms with Crippen LogP contribution >= 0.6 is 0 Å². The van der Waals surface area contributed by atoms with E-state index in [1.54, 1.807) is 11.3 Å². The fourth-order valence-electron chi connectivity index (χ4n) is 2.35. The number of aryl methyl sites for hydroxylation is 3. The lowest BCUT2D eigenvalue weighted by molar-refractivity contribution is 0.754. The number of hydrogen-bond acceptors (Lipinski definition) is 3. The lowest BCUT2D eigenvalue weighted by Crippen LogP contribution is -2.16. The summed E-state index contributed by atoms with van der Waals surface area (Å²) in [6, 6.07) is 11.8.